The minimum absolute atomic E-state index is 0.345. The fourth-order valence-corrected chi connectivity index (χ4v) is 3.24. The molecule has 2 nitrogen and oxygen atoms in total. The fourth-order valence-electron chi connectivity index (χ4n) is 3.11. The Balaban J connectivity index is 1.64. The minimum Gasteiger partial charge on any atom is -0.439 e. The van der Waals surface area contributed by atoms with Gasteiger partial charge in [0.1, 0.15) is 5.75 Å². The van der Waals surface area contributed by atoms with Crippen molar-refractivity contribution in [1.82, 2.24) is 4.98 Å². The van der Waals surface area contributed by atoms with Crippen LogP contribution in [0.5, 0.6) is 11.6 Å². The highest BCUT2D eigenvalue weighted by Gasteiger charge is 2.36. The second-order valence-corrected chi connectivity index (χ2v) is 7.40. The van der Waals surface area contributed by atoms with E-state index in [9.17, 15) is 8.78 Å². The number of rotatable bonds is 8. The Hall–Kier alpha value is -2.46. The number of ether oxygens (including phenoxy) is 1. The number of halogens is 3. The van der Waals surface area contributed by atoms with Crippen molar-refractivity contribution in [3.63, 3.8) is 0 Å². The minimum atomic E-state index is -2.46. The molecule has 0 N–H and O–H groups in total. The Morgan fingerprint density at radius 3 is 2.36 bits per heavy atom. The molecule has 0 aliphatic rings. The highest BCUT2D eigenvalue weighted by molar-refractivity contribution is 6.30. The molecular formula is C23H22ClF2NO. The molecule has 0 saturated heterocycles. The first kappa shape index (κ1) is 20.3. The number of aromatic nitrogens is 1. The summed E-state index contributed by atoms with van der Waals surface area (Å²) in [6, 6.07) is 21.6. The zero-order chi connectivity index (χ0) is 20.0. The normalized spacial score (nSPS) is 13.3. The molecule has 1 unspecified atom stereocenters. The lowest BCUT2D eigenvalue weighted by molar-refractivity contribution is 0.0526. The topological polar surface area (TPSA) is 22.1 Å². The molecule has 5 heteroatoms. The zero-order valence-corrected chi connectivity index (χ0v) is 16.4. The lowest BCUT2D eigenvalue weighted by Crippen LogP contribution is -2.31. The van der Waals surface area contributed by atoms with E-state index < -0.39 is 11.8 Å². The second-order valence-electron chi connectivity index (χ2n) is 6.96. The maximum absolute atomic E-state index is 13.8. The Kier molecular flexibility index (Phi) is 6.63. The molecule has 146 valence electrons. The van der Waals surface area contributed by atoms with Crippen LogP contribution in [0.25, 0.3) is 0 Å². The molecule has 0 aliphatic heterocycles. The van der Waals surface area contributed by atoms with Gasteiger partial charge in [-0.15, -0.1) is 0 Å². The van der Waals surface area contributed by atoms with Crippen molar-refractivity contribution in [3.8, 4) is 11.6 Å². The average Bonchev–Trinajstić information content (AvgIpc) is 2.69. The van der Waals surface area contributed by atoms with Gasteiger partial charge in [0.15, 0.2) is 0 Å². The molecule has 3 aromatic rings. The molecule has 0 radical (unpaired) electrons. The third-order valence-electron chi connectivity index (χ3n) is 4.86. The molecule has 0 amide bonds. The molecule has 0 aliphatic carbocycles. The van der Waals surface area contributed by atoms with Crippen molar-refractivity contribution in [2.24, 2.45) is 0 Å². The molecule has 2 aromatic carbocycles. The lowest BCUT2D eigenvalue weighted by Gasteiger charge is -2.29. The number of hydrogen-bond donors (Lipinski definition) is 0. The number of nitrogens with zero attached hydrogens (tertiary/aromatic N) is 1. The number of benzene rings is 2. The van der Waals surface area contributed by atoms with Crippen LogP contribution in [0.4, 0.5) is 8.78 Å². The van der Waals surface area contributed by atoms with Crippen molar-refractivity contribution in [3.05, 3.63) is 89.1 Å². The molecular weight excluding hydrogens is 380 g/mol. The summed E-state index contributed by atoms with van der Waals surface area (Å²) in [4.78, 5) is 4.49. The monoisotopic (exact) mass is 401 g/mol. The van der Waals surface area contributed by atoms with Gasteiger partial charge in [0.2, 0.25) is 12.3 Å². The van der Waals surface area contributed by atoms with E-state index in [2.05, 4.69) is 4.98 Å². The van der Waals surface area contributed by atoms with E-state index in [4.69, 9.17) is 16.3 Å². The number of alkyl halides is 2. The van der Waals surface area contributed by atoms with E-state index in [0.29, 0.717) is 41.5 Å². The van der Waals surface area contributed by atoms with Gasteiger partial charge in [0.05, 0.1) is 5.41 Å². The molecule has 0 saturated carbocycles. The highest BCUT2D eigenvalue weighted by Crippen LogP contribution is 2.36. The van der Waals surface area contributed by atoms with E-state index in [1.165, 1.54) is 0 Å². The molecule has 28 heavy (non-hydrogen) atoms. The fraction of sp³-hybridized carbons (Fsp3) is 0.261. The molecule has 3 rings (SSSR count). The summed E-state index contributed by atoms with van der Waals surface area (Å²) in [5.41, 5.74) is 0.199. The van der Waals surface area contributed by atoms with Crippen LogP contribution in [0.15, 0.2) is 72.8 Å². The highest BCUT2D eigenvalue weighted by atomic mass is 35.5. The van der Waals surface area contributed by atoms with E-state index >= 15 is 0 Å². The third kappa shape index (κ3) is 5.08. The van der Waals surface area contributed by atoms with Crippen molar-refractivity contribution in [2.75, 3.05) is 0 Å². The van der Waals surface area contributed by atoms with Crippen LogP contribution in [-0.4, -0.2) is 11.4 Å². The van der Waals surface area contributed by atoms with Gasteiger partial charge in [0, 0.05) is 16.8 Å². The van der Waals surface area contributed by atoms with Crippen LogP contribution in [0, 0.1) is 0 Å². The summed E-state index contributed by atoms with van der Waals surface area (Å²) in [5.74, 6) is 1.21. The first-order valence-corrected chi connectivity index (χ1v) is 9.58. The zero-order valence-electron chi connectivity index (χ0n) is 15.6. The Morgan fingerprint density at radius 1 is 0.964 bits per heavy atom. The first-order valence-electron chi connectivity index (χ1n) is 9.20. The summed E-state index contributed by atoms with van der Waals surface area (Å²) in [6.45, 7) is 1.60. The van der Waals surface area contributed by atoms with E-state index in [1.807, 2.05) is 42.5 Å². The van der Waals surface area contributed by atoms with Crippen molar-refractivity contribution < 1.29 is 13.5 Å². The van der Waals surface area contributed by atoms with Crippen LogP contribution >= 0.6 is 11.6 Å². The van der Waals surface area contributed by atoms with Gasteiger partial charge in [-0.1, -0.05) is 54.9 Å². The van der Waals surface area contributed by atoms with Gasteiger partial charge in [-0.2, -0.15) is 0 Å². The van der Waals surface area contributed by atoms with Crippen LogP contribution < -0.4 is 4.74 Å². The van der Waals surface area contributed by atoms with Crippen molar-refractivity contribution in [2.45, 2.75) is 38.0 Å². The second kappa shape index (κ2) is 9.16. The van der Waals surface area contributed by atoms with Crippen LogP contribution in [0.2, 0.25) is 5.02 Å². The molecule has 0 fully saturated rings. The summed E-state index contributed by atoms with van der Waals surface area (Å²) >= 11 is 5.89. The molecule has 1 atom stereocenters. The van der Waals surface area contributed by atoms with Gasteiger partial charge in [0.25, 0.3) is 0 Å². The third-order valence-corrected chi connectivity index (χ3v) is 5.11. The molecule has 0 spiro atoms. The van der Waals surface area contributed by atoms with E-state index in [1.54, 1.807) is 37.3 Å². The summed E-state index contributed by atoms with van der Waals surface area (Å²) in [6.07, 6.45) is -0.931. The largest absolute Gasteiger partial charge is 0.439 e. The maximum Gasteiger partial charge on any atom is 0.247 e. The lowest BCUT2D eigenvalue weighted by atomic mass is 9.78. The van der Waals surface area contributed by atoms with Crippen molar-refractivity contribution >= 4 is 11.6 Å². The number of para-hydroxylation sites is 1. The van der Waals surface area contributed by atoms with Gasteiger partial charge in [-0.3, -0.25) is 0 Å². The maximum atomic E-state index is 13.8. The molecule has 0 bridgehead atoms. The first-order chi connectivity index (χ1) is 13.5. The summed E-state index contributed by atoms with van der Waals surface area (Å²) in [7, 11) is 0. The predicted molar refractivity (Wildman–Crippen MR) is 108 cm³/mol. The van der Waals surface area contributed by atoms with Crippen LogP contribution in [-0.2, 0) is 11.8 Å². The SMILES string of the molecule is CC(CCCc1cccc(Oc2ccccc2)n1)(c1ccc(Cl)cc1)C(F)F. The van der Waals surface area contributed by atoms with E-state index in [-0.39, 0.29) is 0 Å². The Labute approximate surface area is 169 Å². The van der Waals surface area contributed by atoms with Gasteiger partial charge in [-0.05, 0) is 55.2 Å². The standard InChI is InChI=1S/C23H22ClF2NO/c1-23(22(25)26,17-12-14-18(24)15-13-17)16-6-8-19-7-5-11-21(27-19)28-20-9-3-2-4-10-20/h2-5,7,9-15,22H,6,8,16H2,1H3. The van der Waals surface area contributed by atoms with Gasteiger partial charge in [-0.25, -0.2) is 13.8 Å². The molecule has 1 heterocycles. The van der Waals surface area contributed by atoms with Gasteiger partial charge >= 0.3 is 0 Å². The Morgan fingerprint density at radius 2 is 1.68 bits per heavy atom. The number of pyridine rings is 1. The Bertz CT molecular complexity index is 887. The number of hydrogen-bond acceptors (Lipinski definition) is 2. The summed E-state index contributed by atoms with van der Waals surface area (Å²) < 4.78 is 33.4. The smallest absolute Gasteiger partial charge is 0.247 e. The number of aryl methyl sites for hydroxylation is 1. The van der Waals surface area contributed by atoms with Crippen LogP contribution in [0.3, 0.4) is 0 Å². The molecule has 1 aromatic heterocycles. The summed E-state index contributed by atoms with van der Waals surface area (Å²) in [5, 5.41) is 0.541. The predicted octanol–water partition coefficient (Wildman–Crippen LogP) is 7.07. The quantitative estimate of drug-likeness (QED) is 0.402. The van der Waals surface area contributed by atoms with Crippen molar-refractivity contribution in [1.29, 1.82) is 0 Å². The van der Waals surface area contributed by atoms with Crippen LogP contribution in [0.1, 0.15) is 31.0 Å². The van der Waals surface area contributed by atoms with E-state index in [0.717, 1.165) is 5.69 Å². The van der Waals surface area contributed by atoms with Gasteiger partial charge < -0.3 is 4.74 Å². The average molecular weight is 402 g/mol.